The molecule has 0 aromatic rings. The molecule has 1 saturated carbocycles. The highest BCUT2D eigenvalue weighted by Crippen LogP contribution is 2.27. The molecule has 0 radical (unpaired) electrons. The van der Waals surface area contributed by atoms with Gasteiger partial charge in [-0.25, -0.2) is 0 Å². The van der Waals surface area contributed by atoms with Crippen LogP contribution >= 0.6 is 0 Å². The maximum absolute atomic E-state index is 12.5. The van der Waals surface area contributed by atoms with Gasteiger partial charge in [0, 0.05) is 11.5 Å². The molecular weight excluding hydrogens is 230 g/mol. The quantitative estimate of drug-likeness (QED) is 0.789. The van der Waals surface area contributed by atoms with Gasteiger partial charge in [0.05, 0.1) is 0 Å². The van der Waals surface area contributed by atoms with Crippen LogP contribution in [0.3, 0.4) is 0 Å². The standard InChI is InChI=1S/C14H25NO3/c1-14(2,3)15(10-12(16)17)13(18)11-8-6-4-5-7-9-11/h11H,4-10H2,1-3H3,(H,16,17). The summed E-state index contributed by atoms with van der Waals surface area (Å²) in [6, 6.07) is 0. The number of nitrogens with zero attached hydrogens (tertiary/aromatic N) is 1. The van der Waals surface area contributed by atoms with Crippen molar-refractivity contribution < 1.29 is 14.7 Å². The molecule has 1 fully saturated rings. The van der Waals surface area contributed by atoms with Crippen LogP contribution in [-0.2, 0) is 9.59 Å². The first kappa shape index (κ1) is 15.0. The van der Waals surface area contributed by atoms with Crippen LogP contribution in [0.25, 0.3) is 0 Å². The molecule has 0 heterocycles. The highest BCUT2D eigenvalue weighted by molar-refractivity contribution is 5.83. The van der Waals surface area contributed by atoms with Crippen molar-refractivity contribution in [1.29, 1.82) is 0 Å². The van der Waals surface area contributed by atoms with E-state index in [1.54, 1.807) is 0 Å². The zero-order valence-electron chi connectivity index (χ0n) is 11.7. The van der Waals surface area contributed by atoms with Crippen molar-refractivity contribution in [3.8, 4) is 0 Å². The molecule has 4 nitrogen and oxygen atoms in total. The predicted octanol–water partition coefficient (Wildman–Crippen LogP) is 2.67. The Morgan fingerprint density at radius 2 is 1.61 bits per heavy atom. The average Bonchev–Trinajstić information content (AvgIpc) is 2.51. The third-order valence-corrected chi connectivity index (χ3v) is 3.57. The number of amides is 1. The van der Waals surface area contributed by atoms with Crippen LogP contribution in [0.15, 0.2) is 0 Å². The summed E-state index contributed by atoms with van der Waals surface area (Å²) >= 11 is 0. The number of rotatable bonds is 3. The zero-order valence-corrected chi connectivity index (χ0v) is 11.7. The highest BCUT2D eigenvalue weighted by atomic mass is 16.4. The lowest BCUT2D eigenvalue weighted by atomic mass is 9.95. The molecule has 0 aromatic carbocycles. The second-order valence-corrected chi connectivity index (χ2v) is 6.18. The number of carbonyl (C=O) groups is 2. The van der Waals surface area contributed by atoms with Gasteiger partial charge in [0.25, 0.3) is 0 Å². The van der Waals surface area contributed by atoms with E-state index >= 15 is 0 Å². The van der Waals surface area contributed by atoms with Crippen LogP contribution in [0.2, 0.25) is 0 Å². The van der Waals surface area contributed by atoms with E-state index in [9.17, 15) is 9.59 Å². The molecule has 4 heteroatoms. The summed E-state index contributed by atoms with van der Waals surface area (Å²) in [5.74, 6) is -0.898. The Hall–Kier alpha value is -1.06. The summed E-state index contributed by atoms with van der Waals surface area (Å²) in [5.41, 5.74) is -0.429. The van der Waals surface area contributed by atoms with Crippen LogP contribution in [-0.4, -0.2) is 34.0 Å². The van der Waals surface area contributed by atoms with Gasteiger partial charge in [0.15, 0.2) is 0 Å². The molecule has 18 heavy (non-hydrogen) atoms. The molecule has 104 valence electrons. The van der Waals surface area contributed by atoms with Crippen molar-refractivity contribution in [3.63, 3.8) is 0 Å². The minimum absolute atomic E-state index is 0.0195. The Balaban J connectivity index is 2.77. The number of carbonyl (C=O) groups excluding carboxylic acids is 1. The third kappa shape index (κ3) is 4.31. The van der Waals surface area contributed by atoms with Crippen LogP contribution in [0.5, 0.6) is 0 Å². The van der Waals surface area contributed by atoms with Crippen LogP contribution < -0.4 is 0 Å². The molecule has 1 aliphatic rings. The molecule has 0 saturated heterocycles. The monoisotopic (exact) mass is 255 g/mol. The number of carboxylic acids is 1. The van der Waals surface area contributed by atoms with Crippen molar-refractivity contribution >= 4 is 11.9 Å². The lowest BCUT2D eigenvalue weighted by Gasteiger charge is -2.36. The minimum Gasteiger partial charge on any atom is -0.480 e. The highest BCUT2D eigenvalue weighted by Gasteiger charge is 2.33. The molecule has 0 aromatic heterocycles. The predicted molar refractivity (Wildman–Crippen MR) is 70.3 cm³/mol. The number of hydrogen-bond acceptors (Lipinski definition) is 2. The first-order valence-electron chi connectivity index (χ1n) is 6.85. The molecule has 0 bridgehead atoms. The van der Waals surface area contributed by atoms with Gasteiger partial charge in [0.1, 0.15) is 6.54 Å². The van der Waals surface area contributed by atoms with E-state index in [1.807, 2.05) is 20.8 Å². The van der Waals surface area contributed by atoms with Crippen molar-refractivity contribution in [2.75, 3.05) is 6.54 Å². The smallest absolute Gasteiger partial charge is 0.323 e. The van der Waals surface area contributed by atoms with Gasteiger partial charge in [-0.05, 0) is 33.6 Å². The summed E-state index contributed by atoms with van der Waals surface area (Å²) in [5, 5.41) is 8.96. The van der Waals surface area contributed by atoms with E-state index in [0.29, 0.717) is 0 Å². The first-order valence-corrected chi connectivity index (χ1v) is 6.85. The van der Waals surface area contributed by atoms with Crippen molar-refractivity contribution in [3.05, 3.63) is 0 Å². The second kappa shape index (κ2) is 6.21. The van der Waals surface area contributed by atoms with Gasteiger partial charge in [-0.3, -0.25) is 9.59 Å². The fourth-order valence-electron chi connectivity index (χ4n) is 2.53. The van der Waals surface area contributed by atoms with Gasteiger partial charge in [0.2, 0.25) is 5.91 Å². The number of aliphatic carboxylic acids is 1. The van der Waals surface area contributed by atoms with E-state index in [2.05, 4.69) is 0 Å². The molecule has 1 N–H and O–H groups in total. The van der Waals surface area contributed by atoms with E-state index in [-0.39, 0.29) is 18.4 Å². The third-order valence-electron chi connectivity index (χ3n) is 3.57. The van der Waals surface area contributed by atoms with Crippen molar-refractivity contribution in [2.24, 2.45) is 5.92 Å². The van der Waals surface area contributed by atoms with Crippen molar-refractivity contribution in [2.45, 2.75) is 64.8 Å². The maximum Gasteiger partial charge on any atom is 0.323 e. The van der Waals surface area contributed by atoms with Gasteiger partial charge in [-0.2, -0.15) is 0 Å². The Labute approximate surface area is 109 Å². The zero-order chi connectivity index (χ0) is 13.8. The molecule has 1 amide bonds. The maximum atomic E-state index is 12.5. The Kier molecular flexibility index (Phi) is 5.17. The Morgan fingerprint density at radius 3 is 2.00 bits per heavy atom. The SMILES string of the molecule is CC(C)(C)N(CC(=O)O)C(=O)C1CCCCCC1. The number of carboxylic acid groups (broad SMARTS) is 1. The minimum atomic E-state index is -0.938. The molecular formula is C14H25NO3. The topological polar surface area (TPSA) is 57.6 Å². The van der Waals surface area contributed by atoms with Crippen molar-refractivity contribution in [1.82, 2.24) is 4.90 Å². The summed E-state index contributed by atoms with van der Waals surface area (Å²) < 4.78 is 0. The molecule has 0 unspecified atom stereocenters. The largest absolute Gasteiger partial charge is 0.480 e. The van der Waals surface area contributed by atoms with Gasteiger partial charge in [-0.15, -0.1) is 0 Å². The summed E-state index contributed by atoms with van der Waals surface area (Å²) in [4.78, 5) is 24.9. The Bertz CT molecular complexity index is 299. The lowest BCUT2D eigenvalue weighted by Crippen LogP contribution is -2.50. The Morgan fingerprint density at radius 1 is 1.11 bits per heavy atom. The molecule has 1 rings (SSSR count). The fourth-order valence-corrected chi connectivity index (χ4v) is 2.53. The second-order valence-electron chi connectivity index (χ2n) is 6.18. The van der Waals surface area contributed by atoms with Crippen LogP contribution in [0.4, 0.5) is 0 Å². The lowest BCUT2D eigenvalue weighted by molar-refractivity contribution is -0.150. The van der Waals surface area contributed by atoms with E-state index in [1.165, 1.54) is 17.7 Å². The summed E-state index contributed by atoms with van der Waals surface area (Å²) in [6.45, 7) is 5.48. The normalized spacial score (nSPS) is 18.2. The van der Waals surface area contributed by atoms with Crippen LogP contribution in [0.1, 0.15) is 59.3 Å². The molecule has 0 spiro atoms. The van der Waals surface area contributed by atoms with E-state index in [4.69, 9.17) is 5.11 Å². The number of hydrogen-bond donors (Lipinski definition) is 1. The van der Waals surface area contributed by atoms with Gasteiger partial charge < -0.3 is 10.0 Å². The molecule has 0 aliphatic heterocycles. The fraction of sp³-hybridized carbons (Fsp3) is 0.857. The van der Waals surface area contributed by atoms with Gasteiger partial charge >= 0.3 is 5.97 Å². The average molecular weight is 255 g/mol. The van der Waals surface area contributed by atoms with E-state index in [0.717, 1.165) is 25.7 Å². The summed E-state index contributed by atoms with van der Waals surface area (Å²) in [7, 11) is 0. The van der Waals surface area contributed by atoms with Gasteiger partial charge in [-0.1, -0.05) is 25.7 Å². The summed E-state index contributed by atoms with van der Waals surface area (Å²) in [6.07, 6.45) is 6.37. The van der Waals surface area contributed by atoms with Crippen LogP contribution in [0, 0.1) is 5.92 Å². The first-order chi connectivity index (χ1) is 8.32. The van der Waals surface area contributed by atoms with E-state index < -0.39 is 11.5 Å². The molecule has 1 aliphatic carbocycles. The molecule has 0 atom stereocenters.